The Morgan fingerprint density at radius 1 is 1.73 bits per heavy atom. The molecule has 1 rings (SSSR count). The third-order valence-corrected chi connectivity index (χ3v) is 3.54. The van der Waals surface area contributed by atoms with Crippen molar-refractivity contribution in [3.63, 3.8) is 0 Å². The van der Waals surface area contributed by atoms with Crippen LogP contribution in [0, 0.1) is 5.92 Å². The van der Waals surface area contributed by atoms with Gasteiger partial charge in [0.15, 0.2) is 0 Å². The van der Waals surface area contributed by atoms with Gasteiger partial charge in [-0.15, -0.1) is 0 Å². The Hall–Kier alpha value is -0.710. The van der Waals surface area contributed by atoms with Crippen LogP contribution in [0.15, 0.2) is 0 Å². The predicted molar refractivity (Wildman–Crippen MR) is 61.5 cm³/mol. The van der Waals surface area contributed by atoms with Gasteiger partial charge in [0.1, 0.15) is 6.04 Å². The van der Waals surface area contributed by atoms with Crippen molar-refractivity contribution < 1.29 is 9.59 Å². The molecule has 1 aliphatic heterocycles. The van der Waals surface area contributed by atoms with Gasteiger partial charge in [0.05, 0.1) is 0 Å². The lowest BCUT2D eigenvalue weighted by Crippen LogP contribution is -2.45. The summed E-state index contributed by atoms with van der Waals surface area (Å²) in [6.07, 6.45) is 3.19. The molecule has 1 aliphatic rings. The molecule has 0 spiro atoms. The molecule has 1 saturated heterocycles. The summed E-state index contributed by atoms with van der Waals surface area (Å²) in [6, 6.07) is -0.413. The third kappa shape index (κ3) is 2.87. The standard InChI is InChI=1S/C10H18N2O2S/c1-3-8(10(11)14)12-5-7(6-15-2)4-9(12)13/h7-8H,3-6H2,1-2H3,(H2,11,14)/t7?,8-/m0/s1. The van der Waals surface area contributed by atoms with Gasteiger partial charge in [-0.3, -0.25) is 9.59 Å². The Labute approximate surface area is 94.6 Å². The molecule has 86 valence electrons. The second kappa shape index (κ2) is 5.39. The molecule has 1 unspecified atom stereocenters. The van der Waals surface area contributed by atoms with Crippen molar-refractivity contribution in [1.82, 2.24) is 4.90 Å². The Balaban J connectivity index is 2.63. The summed E-state index contributed by atoms with van der Waals surface area (Å²) in [5.74, 6) is 1.02. The number of amides is 2. The molecule has 4 nitrogen and oxygen atoms in total. The van der Waals surface area contributed by atoms with Crippen LogP contribution in [0.5, 0.6) is 0 Å². The highest BCUT2D eigenvalue weighted by molar-refractivity contribution is 7.98. The van der Waals surface area contributed by atoms with Crippen LogP contribution in [-0.4, -0.2) is 41.3 Å². The van der Waals surface area contributed by atoms with Crippen molar-refractivity contribution in [2.45, 2.75) is 25.8 Å². The highest BCUT2D eigenvalue weighted by Gasteiger charge is 2.35. The largest absolute Gasteiger partial charge is 0.368 e. The molecule has 1 heterocycles. The van der Waals surface area contributed by atoms with E-state index < -0.39 is 11.9 Å². The molecule has 5 heteroatoms. The van der Waals surface area contributed by atoms with Crippen molar-refractivity contribution in [1.29, 1.82) is 0 Å². The number of rotatable bonds is 5. The number of nitrogens with two attached hydrogens (primary N) is 1. The minimum absolute atomic E-state index is 0.0692. The van der Waals surface area contributed by atoms with Crippen LogP contribution in [0.25, 0.3) is 0 Å². The first-order valence-corrected chi connectivity index (χ1v) is 6.57. The van der Waals surface area contributed by atoms with Crippen molar-refractivity contribution in [3.8, 4) is 0 Å². The maximum absolute atomic E-state index is 11.7. The Kier molecular flexibility index (Phi) is 4.45. The minimum atomic E-state index is -0.413. The van der Waals surface area contributed by atoms with Gasteiger partial charge in [0, 0.05) is 13.0 Å². The summed E-state index contributed by atoms with van der Waals surface area (Å²) in [7, 11) is 0. The van der Waals surface area contributed by atoms with Gasteiger partial charge >= 0.3 is 0 Å². The number of carbonyl (C=O) groups excluding carboxylic acids is 2. The van der Waals surface area contributed by atoms with E-state index in [9.17, 15) is 9.59 Å². The van der Waals surface area contributed by atoms with E-state index in [-0.39, 0.29) is 5.91 Å². The summed E-state index contributed by atoms with van der Waals surface area (Å²) in [5.41, 5.74) is 5.27. The Morgan fingerprint density at radius 2 is 2.40 bits per heavy atom. The molecule has 15 heavy (non-hydrogen) atoms. The molecule has 2 N–H and O–H groups in total. The third-order valence-electron chi connectivity index (χ3n) is 2.73. The zero-order chi connectivity index (χ0) is 11.4. The zero-order valence-corrected chi connectivity index (χ0v) is 10.0. The van der Waals surface area contributed by atoms with Gasteiger partial charge in [-0.2, -0.15) is 11.8 Å². The first kappa shape index (κ1) is 12.4. The molecular formula is C10H18N2O2S. The van der Waals surface area contributed by atoms with E-state index in [1.807, 2.05) is 13.2 Å². The summed E-state index contributed by atoms with van der Waals surface area (Å²) < 4.78 is 0. The van der Waals surface area contributed by atoms with Gasteiger partial charge in [0.25, 0.3) is 0 Å². The lowest BCUT2D eigenvalue weighted by molar-refractivity contribution is -0.136. The molecule has 0 aromatic rings. The second-order valence-corrected chi connectivity index (χ2v) is 4.81. The number of nitrogens with zero attached hydrogens (tertiary/aromatic N) is 1. The molecule has 2 amide bonds. The van der Waals surface area contributed by atoms with Gasteiger partial charge in [-0.1, -0.05) is 6.92 Å². The lowest BCUT2D eigenvalue weighted by Gasteiger charge is -2.24. The minimum Gasteiger partial charge on any atom is -0.368 e. The average Bonchev–Trinajstić information content (AvgIpc) is 2.49. The fourth-order valence-electron chi connectivity index (χ4n) is 2.03. The summed E-state index contributed by atoms with van der Waals surface area (Å²) in [4.78, 5) is 24.5. The molecule has 1 fully saturated rings. The van der Waals surface area contributed by atoms with Crippen LogP contribution in [0.3, 0.4) is 0 Å². The monoisotopic (exact) mass is 230 g/mol. The lowest BCUT2D eigenvalue weighted by atomic mass is 10.1. The maximum atomic E-state index is 11.7. The normalized spacial score (nSPS) is 23.2. The zero-order valence-electron chi connectivity index (χ0n) is 9.23. The summed E-state index contributed by atoms with van der Waals surface area (Å²) in [6.45, 7) is 2.56. The van der Waals surface area contributed by atoms with Crippen LogP contribution in [0.4, 0.5) is 0 Å². The summed E-state index contributed by atoms with van der Waals surface area (Å²) in [5, 5.41) is 0. The van der Waals surface area contributed by atoms with E-state index in [2.05, 4.69) is 0 Å². The quantitative estimate of drug-likeness (QED) is 0.746. The SMILES string of the molecule is CC[C@@H](C(N)=O)N1CC(CSC)CC1=O. The van der Waals surface area contributed by atoms with E-state index in [1.165, 1.54) is 0 Å². The number of carbonyl (C=O) groups is 2. The topological polar surface area (TPSA) is 63.4 Å². The number of thioether (sulfide) groups is 1. The Bertz CT molecular complexity index is 258. The molecule has 0 aromatic heterocycles. The van der Waals surface area contributed by atoms with E-state index in [4.69, 9.17) is 5.73 Å². The average molecular weight is 230 g/mol. The highest BCUT2D eigenvalue weighted by atomic mass is 32.2. The molecule has 2 atom stereocenters. The van der Waals surface area contributed by atoms with Gasteiger partial charge in [-0.25, -0.2) is 0 Å². The van der Waals surface area contributed by atoms with E-state index in [0.29, 0.717) is 25.3 Å². The van der Waals surface area contributed by atoms with Gasteiger partial charge in [-0.05, 0) is 24.3 Å². The molecular weight excluding hydrogens is 212 g/mol. The van der Waals surface area contributed by atoms with Crippen LogP contribution in [0.1, 0.15) is 19.8 Å². The smallest absolute Gasteiger partial charge is 0.240 e. The van der Waals surface area contributed by atoms with E-state index >= 15 is 0 Å². The fourth-order valence-corrected chi connectivity index (χ4v) is 2.73. The van der Waals surface area contributed by atoms with Gasteiger partial charge < -0.3 is 10.6 Å². The van der Waals surface area contributed by atoms with Crippen LogP contribution < -0.4 is 5.73 Å². The van der Waals surface area contributed by atoms with Crippen LogP contribution in [-0.2, 0) is 9.59 Å². The summed E-state index contributed by atoms with van der Waals surface area (Å²) >= 11 is 1.74. The fraction of sp³-hybridized carbons (Fsp3) is 0.800. The van der Waals surface area contributed by atoms with Crippen molar-refractivity contribution in [2.24, 2.45) is 11.7 Å². The first-order chi connectivity index (χ1) is 7.10. The van der Waals surface area contributed by atoms with Crippen LogP contribution >= 0.6 is 11.8 Å². The van der Waals surface area contributed by atoms with Crippen molar-refractivity contribution in [2.75, 3.05) is 18.6 Å². The molecule has 0 bridgehead atoms. The molecule has 0 radical (unpaired) electrons. The molecule has 0 aromatic carbocycles. The number of primary amides is 1. The Morgan fingerprint density at radius 3 is 2.87 bits per heavy atom. The first-order valence-electron chi connectivity index (χ1n) is 5.17. The number of likely N-dealkylation sites (tertiary alicyclic amines) is 1. The maximum Gasteiger partial charge on any atom is 0.240 e. The van der Waals surface area contributed by atoms with E-state index in [1.54, 1.807) is 16.7 Å². The predicted octanol–water partition coefficient (Wildman–Crippen LogP) is 0.462. The van der Waals surface area contributed by atoms with Crippen molar-refractivity contribution in [3.05, 3.63) is 0 Å². The highest BCUT2D eigenvalue weighted by Crippen LogP contribution is 2.23. The van der Waals surface area contributed by atoms with Gasteiger partial charge in [0.2, 0.25) is 11.8 Å². The second-order valence-electron chi connectivity index (χ2n) is 3.90. The van der Waals surface area contributed by atoms with Crippen molar-refractivity contribution >= 4 is 23.6 Å². The molecule has 0 saturated carbocycles. The number of hydrogen-bond acceptors (Lipinski definition) is 3. The molecule has 0 aliphatic carbocycles. The van der Waals surface area contributed by atoms with E-state index in [0.717, 1.165) is 5.75 Å². The van der Waals surface area contributed by atoms with Crippen LogP contribution in [0.2, 0.25) is 0 Å². The number of hydrogen-bond donors (Lipinski definition) is 1.